The Morgan fingerprint density at radius 1 is 0.872 bits per heavy atom. The zero-order valence-corrected chi connectivity index (χ0v) is 28.7. The molecule has 1 heterocycles. The average Bonchev–Trinajstić information content (AvgIpc) is 3.10. The molecule has 0 radical (unpaired) electrons. The normalized spacial score (nSPS) is 14.8. The predicted octanol–water partition coefficient (Wildman–Crippen LogP) is 6.79. The van der Waals surface area contributed by atoms with Crippen LogP contribution < -0.4 is 18.9 Å². The van der Waals surface area contributed by atoms with Crippen LogP contribution in [0.15, 0.2) is 89.8 Å². The molecule has 4 aromatic carbocycles. The number of hydrogen-bond acceptors (Lipinski definition) is 9. The molecule has 0 N–H and O–H groups in total. The maximum atomic E-state index is 14.0. The van der Waals surface area contributed by atoms with E-state index in [0.29, 0.717) is 18.1 Å². The van der Waals surface area contributed by atoms with E-state index in [-0.39, 0.29) is 59.3 Å². The highest BCUT2D eigenvalue weighted by atomic mass is 35.5. The predicted molar refractivity (Wildman–Crippen MR) is 183 cm³/mol. The molecule has 0 bridgehead atoms. The lowest BCUT2D eigenvalue weighted by atomic mass is 10.1. The molecule has 1 unspecified atom stereocenters. The third-order valence-corrected chi connectivity index (χ3v) is 11.6. The van der Waals surface area contributed by atoms with Crippen LogP contribution in [0.3, 0.4) is 0 Å². The van der Waals surface area contributed by atoms with Gasteiger partial charge in [-0.15, -0.1) is 0 Å². The van der Waals surface area contributed by atoms with Crippen LogP contribution in [0.1, 0.15) is 27.0 Å². The van der Waals surface area contributed by atoms with E-state index in [1.807, 2.05) is 55.5 Å². The van der Waals surface area contributed by atoms with Crippen molar-refractivity contribution in [2.45, 2.75) is 31.1 Å². The number of aryl methyl sites for hydroxylation is 1. The monoisotopic (exact) mass is 697 g/mol. The molecule has 1 saturated heterocycles. The fraction of sp³-hybridized carbons (Fsp3) is 0.286. The van der Waals surface area contributed by atoms with E-state index in [2.05, 4.69) is 0 Å². The molecule has 1 aliphatic heterocycles. The Hall–Kier alpha value is -3.90. The quantitative estimate of drug-likeness (QED) is 0.140. The fourth-order valence-corrected chi connectivity index (χ4v) is 8.13. The summed E-state index contributed by atoms with van der Waals surface area (Å²) in [7, 11) is 0.356. The first-order valence-corrected chi connectivity index (χ1v) is 18.2. The highest BCUT2D eigenvalue weighted by Gasteiger charge is 2.32. The number of ether oxygens (including phenoxy) is 5. The maximum absolute atomic E-state index is 14.0. The lowest BCUT2D eigenvalue weighted by Crippen LogP contribution is -2.50. The molecule has 1 atom stereocenters. The van der Waals surface area contributed by atoms with Gasteiger partial charge >= 0.3 is 0 Å². The Morgan fingerprint density at radius 3 is 2.06 bits per heavy atom. The molecule has 0 spiro atoms. The zero-order valence-electron chi connectivity index (χ0n) is 26.3. The standard InChI is InChI=1S/C35H36ClNO8S2/c1-24-4-14-30(15-5-24)47(39,40)46-23-27-22-43-19-18-37(27)35(38)31-16-17-32(44-20-25-6-10-28(41-2)11-7-25)34(33(31)36)45-21-26-8-12-29(42-3)13-9-26/h4-17,27H,18-23H2,1-3H3. The van der Waals surface area contributed by atoms with Crippen LogP contribution in [0.4, 0.5) is 0 Å². The molecule has 1 amide bonds. The first-order valence-electron chi connectivity index (χ1n) is 14.9. The van der Waals surface area contributed by atoms with Gasteiger partial charge in [0.2, 0.25) is 8.87 Å². The fourth-order valence-electron chi connectivity index (χ4n) is 4.87. The number of nitrogens with zero attached hydrogens (tertiary/aromatic N) is 1. The summed E-state index contributed by atoms with van der Waals surface area (Å²) in [5.74, 6) is 1.82. The molecule has 12 heteroatoms. The van der Waals surface area contributed by atoms with Crippen molar-refractivity contribution in [1.29, 1.82) is 0 Å². The molecule has 9 nitrogen and oxygen atoms in total. The summed E-state index contributed by atoms with van der Waals surface area (Å²) in [5.41, 5.74) is 2.94. The van der Waals surface area contributed by atoms with Gasteiger partial charge in [-0.05, 0) is 77.4 Å². The summed E-state index contributed by atoms with van der Waals surface area (Å²) in [4.78, 5) is 15.9. The van der Waals surface area contributed by atoms with Crippen molar-refractivity contribution in [3.8, 4) is 23.0 Å². The molecule has 1 fully saturated rings. The number of carbonyl (C=O) groups is 1. The van der Waals surface area contributed by atoms with Crippen molar-refractivity contribution >= 4 is 37.2 Å². The van der Waals surface area contributed by atoms with Gasteiger partial charge in [0.05, 0.1) is 49.0 Å². The van der Waals surface area contributed by atoms with Crippen LogP contribution in [0.5, 0.6) is 23.0 Å². The zero-order chi connectivity index (χ0) is 33.4. The molecular weight excluding hydrogens is 662 g/mol. The van der Waals surface area contributed by atoms with Crippen LogP contribution in [-0.2, 0) is 26.8 Å². The second-order valence-electron chi connectivity index (χ2n) is 10.8. The molecule has 0 saturated carbocycles. The second-order valence-corrected chi connectivity index (χ2v) is 15.2. The first kappa shape index (κ1) is 34.4. The van der Waals surface area contributed by atoms with Crippen LogP contribution >= 0.6 is 22.4 Å². The molecule has 248 valence electrons. The number of rotatable bonds is 13. The van der Waals surface area contributed by atoms with Crippen molar-refractivity contribution in [2.24, 2.45) is 0 Å². The SMILES string of the molecule is COc1ccc(COc2ccc(C(=O)N3CCOCC3CSS(=O)(=O)c3ccc(C)cc3)c(Cl)c2OCc2ccc(OC)cc2)cc1. The van der Waals surface area contributed by atoms with Gasteiger partial charge in [0, 0.05) is 12.3 Å². The van der Waals surface area contributed by atoms with E-state index >= 15 is 0 Å². The van der Waals surface area contributed by atoms with Gasteiger partial charge in [0.1, 0.15) is 24.7 Å². The van der Waals surface area contributed by atoms with Gasteiger partial charge in [-0.2, -0.15) is 0 Å². The van der Waals surface area contributed by atoms with Crippen molar-refractivity contribution in [3.05, 3.63) is 112 Å². The summed E-state index contributed by atoms with van der Waals surface area (Å²) in [6.07, 6.45) is 0. The number of methoxy groups -OCH3 is 2. The van der Waals surface area contributed by atoms with Crippen LogP contribution in [0, 0.1) is 6.92 Å². The van der Waals surface area contributed by atoms with Crippen molar-refractivity contribution < 1.29 is 36.9 Å². The van der Waals surface area contributed by atoms with Gasteiger partial charge < -0.3 is 28.6 Å². The summed E-state index contributed by atoms with van der Waals surface area (Å²) in [5, 5.41) is 0.0981. The second kappa shape index (κ2) is 15.8. The van der Waals surface area contributed by atoms with E-state index in [0.717, 1.165) is 33.2 Å². The number of hydrogen-bond donors (Lipinski definition) is 0. The molecule has 0 aliphatic carbocycles. The lowest BCUT2D eigenvalue weighted by Gasteiger charge is -2.35. The van der Waals surface area contributed by atoms with Crippen LogP contribution in [0.25, 0.3) is 0 Å². The van der Waals surface area contributed by atoms with Crippen molar-refractivity contribution in [2.75, 3.05) is 39.7 Å². The Morgan fingerprint density at radius 2 is 1.47 bits per heavy atom. The minimum absolute atomic E-state index is 0.0981. The maximum Gasteiger partial charge on any atom is 0.255 e. The third-order valence-electron chi connectivity index (χ3n) is 7.60. The molecule has 5 rings (SSSR count). The highest BCUT2D eigenvalue weighted by molar-refractivity contribution is 8.72. The minimum Gasteiger partial charge on any atom is -0.497 e. The Kier molecular flexibility index (Phi) is 11.6. The summed E-state index contributed by atoms with van der Waals surface area (Å²) >= 11 is 6.93. The average molecular weight is 698 g/mol. The topological polar surface area (TPSA) is 101 Å². The van der Waals surface area contributed by atoms with E-state index in [4.69, 9.17) is 35.3 Å². The summed E-state index contributed by atoms with van der Waals surface area (Å²) < 4.78 is 54.6. The Balaban J connectivity index is 1.37. The molecule has 1 aliphatic rings. The van der Waals surface area contributed by atoms with E-state index in [1.165, 1.54) is 0 Å². The lowest BCUT2D eigenvalue weighted by molar-refractivity contribution is 0.00497. The van der Waals surface area contributed by atoms with Crippen LogP contribution in [0.2, 0.25) is 5.02 Å². The number of carbonyl (C=O) groups excluding carboxylic acids is 1. The van der Waals surface area contributed by atoms with Gasteiger partial charge in [-0.1, -0.05) is 53.6 Å². The summed E-state index contributed by atoms with van der Waals surface area (Å²) in [6, 6.07) is 24.4. The van der Waals surface area contributed by atoms with E-state index in [1.54, 1.807) is 55.5 Å². The molecule has 0 aromatic heterocycles. The Bertz CT molecular complexity index is 1770. The third kappa shape index (κ3) is 8.72. The largest absolute Gasteiger partial charge is 0.497 e. The smallest absolute Gasteiger partial charge is 0.255 e. The van der Waals surface area contributed by atoms with Gasteiger partial charge in [-0.3, -0.25) is 4.79 Å². The number of amides is 1. The summed E-state index contributed by atoms with van der Waals surface area (Å²) in [6.45, 7) is 3.08. The molecule has 47 heavy (non-hydrogen) atoms. The van der Waals surface area contributed by atoms with Crippen molar-refractivity contribution in [1.82, 2.24) is 4.90 Å². The van der Waals surface area contributed by atoms with Gasteiger partial charge in [0.15, 0.2) is 11.5 Å². The molecule has 4 aromatic rings. The molecular formula is C35H36ClNO8S2. The van der Waals surface area contributed by atoms with Crippen LogP contribution in [-0.4, -0.2) is 65.0 Å². The van der Waals surface area contributed by atoms with Gasteiger partial charge in [-0.25, -0.2) is 8.42 Å². The number of benzene rings is 4. The minimum atomic E-state index is -3.64. The van der Waals surface area contributed by atoms with E-state index in [9.17, 15) is 13.2 Å². The number of halogens is 1. The van der Waals surface area contributed by atoms with Gasteiger partial charge in [0.25, 0.3) is 5.91 Å². The Labute approximate surface area is 284 Å². The van der Waals surface area contributed by atoms with Crippen molar-refractivity contribution in [3.63, 3.8) is 0 Å². The first-order chi connectivity index (χ1) is 22.7. The number of morpholine rings is 1. The van der Waals surface area contributed by atoms with E-state index < -0.39 is 14.9 Å². The highest BCUT2D eigenvalue weighted by Crippen LogP contribution is 2.40.